The van der Waals surface area contributed by atoms with Crippen LogP contribution < -0.4 is 0 Å². The second-order valence-electron chi connectivity index (χ2n) is 5.87. The molecule has 2 aromatic rings. The number of hydrogen-bond donors (Lipinski definition) is 2. The van der Waals surface area contributed by atoms with Gasteiger partial charge in [0.05, 0.1) is 0 Å². The Morgan fingerprint density at radius 3 is 1.73 bits per heavy atom. The summed E-state index contributed by atoms with van der Waals surface area (Å²) < 4.78 is 0. The van der Waals surface area contributed by atoms with Crippen LogP contribution in [0.4, 0.5) is 0 Å². The van der Waals surface area contributed by atoms with Gasteiger partial charge in [-0.1, -0.05) is 75.4 Å². The fourth-order valence-corrected chi connectivity index (χ4v) is 2.99. The van der Waals surface area contributed by atoms with E-state index in [4.69, 9.17) is 0 Å². The second kappa shape index (κ2) is 8.47. The molecule has 0 saturated heterocycles. The minimum Gasteiger partial charge on any atom is -0.508 e. The van der Waals surface area contributed by atoms with Gasteiger partial charge < -0.3 is 10.2 Å². The molecule has 0 fully saturated rings. The summed E-state index contributed by atoms with van der Waals surface area (Å²) in [5, 5.41) is 20.4. The number of phenols is 2. The van der Waals surface area contributed by atoms with Crippen LogP contribution in [0.2, 0.25) is 0 Å². The molecule has 0 heterocycles. The number of para-hydroxylation sites is 2. The normalized spacial score (nSPS) is 11.0. The molecule has 2 heteroatoms. The lowest BCUT2D eigenvalue weighted by Gasteiger charge is -2.20. The van der Waals surface area contributed by atoms with E-state index in [-0.39, 0.29) is 5.92 Å². The zero-order valence-corrected chi connectivity index (χ0v) is 13.3. The third kappa shape index (κ3) is 4.27. The molecule has 2 aromatic carbocycles. The van der Waals surface area contributed by atoms with Crippen molar-refractivity contribution in [2.24, 2.45) is 0 Å². The average molecular weight is 298 g/mol. The van der Waals surface area contributed by atoms with E-state index in [9.17, 15) is 10.2 Å². The van der Waals surface area contributed by atoms with Crippen molar-refractivity contribution in [3.05, 3.63) is 59.7 Å². The van der Waals surface area contributed by atoms with Crippen molar-refractivity contribution in [3.8, 4) is 11.5 Å². The highest BCUT2D eigenvalue weighted by Gasteiger charge is 2.19. The lowest BCUT2D eigenvalue weighted by molar-refractivity contribution is 0.447. The van der Waals surface area contributed by atoms with Crippen LogP contribution in [0.1, 0.15) is 62.5 Å². The monoisotopic (exact) mass is 298 g/mol. The van der Waals surface area contributed by atoms with E-state index in [1.165, 1.54) is 25.7 Å². The van der Waals surface area contributed by atoms with Gasteiger partial charge in [-0.2, -0.15) is 0 Å². The molecular weight excluding hydrogens is 272 g/mol. The summed E-state index contributed by atoms with van der Waals surface area (Å²) >= 11 is 0. The highest BCUT2D eigenvalue weighted by atomic mass is 16.3. The van der Waals surface area contributed by atoms with Gasteiger partial charge in [0.1, 0.15) is 11.5 Å². The molecule has 2 N–H and O–H groups in total. The molecule has 0 saturated carbocycles. The van der Waals surface area contributed by atoms with Gasteiger partial charge in [0.15, 0.2) is 0 Å². The van der Waals surface area contributed by atoms with Crippen LogP contribution in [0, 0.1) is 0 Å². The van der Waals surface area contributed by atoms with E-state index in [1.807, 2.05) is 36.4 Å². The molecule has 2 rings (SSSR count). The van der Waals surface area contributed by atoms with Crippen molar-refractivity contribution in [2.75, 3.05) is 0 Å². The largest absolute Gasteiger partial charge is 0.508 e. The maximum atomic E-state index is 10.2. The highest BCUT2D eigenvalue weighted by molar-refractivity contribution is 5.45. The number of rotatable bonds is 8. The van der Waals surface area contributed by atoms with Crippen LogP contribution in [0.5, 0.6) is 11.5 Å². The van der Waals surface area contributed by atoms with Crippen molar-refractivity contribution in [1.29, 1.82) is 0 Å². The Kier molecular flexibility index (Phi) is 6.32. The molecule has 0 atom stereocenters. The number of unbranched alkanes of at least 4 members (excludes halogenated alkanes) is 4. The number of aromatic hydroxyl groups is 2. The lowest BCUT2D eigenvalue weighted by Crippen LogP contribution is -2.02. The van der Waals surface area contributed by atoms with E-state index in [0.717, 1.165) is 24.0 Å². The van der Waals surface area contributed by atoms with E-state index >= 15 is 0 Å². The molecule has 0 spiro atoms. The van der Waals surface area contributed by atoms with Gasteiger partial charge in [-0.05, 0) is 18.6 Å². The van der Waals surface area contributed by atoms with Crippen molar-refractivity contribution in [3.63, 3.8) is 0 Å². The molecule has 0 aromatic heterocycles. The number of phenolic OH excluding ortho intramolecular Hbond substituents is 2. The van der Waals surface area contributed by atoms with Gasteiger partial charge in [0.25, 0.3) is 0 Å². The van der Waals surface area contributed by atoms with Crippen LogP contribution >= 0.6 is 0 Å². The Balaban J connectivity index is 2.18. The zero-order valence-electron chi connectivity index (χ0n) is 13.3. The first-order chi connectivity index (χ1) is 10.7. The topological polar surface area (TPSA) is 40.5 Å². The molecule has 0 aliphatic carbocycles. The quantitative estimate of drug-likeness (QED) is 0.624. The molecule has 0 unspecified atom stereocenters. The summed E-state index contributed by atoms with van der Waals surface area (Å²) in [5.74, 6) is 0.664. The van der Waals surface area contributed by atoms with Gasteiger partial charge >= 0.3 is 0 Å². The Morgan fingerprint density at radius 1 is 0.727 bits per heavy atom. The lowest BCUT2D eigenvalue weighted by atomic mass is 9.85. The van der Waals surface area contributed by atoms with E-state index in [0.29, 0.717) is 11.5 Å². The maximum Gasteiger partial charge on any atom is 0.119 e. The van der Waals surface area contributed by atoms with Gasteiger partial charge in [-0.3, -0.25) is 0 Å². The SMILES string of the molecule is CCCCCCCC(c1ccccc1O)c1ccccc1O. The molecule has 0 radical (unpaired) electrons. The second-order valence-corrected chi connectivity index (χ2v) is 5.87. The molecule has 22 heavy (non-hydrogen) atoms. The van der Waals surface area contributed by atoms with Crippen molar-refractivity contribution in [1.82, 2.24) is 0 Å². The van der Waals surface area contributed by atoms with Gasteiger partial charge in [-0.25, -0.2) is 0 Å². The summed E-state index contributed by atoms with van der Waals surface area (Å²) in [6.45, 7) is 2.22. The molecule has 0 amide bonds. The molecule has 2 nitrogen and oxygen atoms in total. The zero-order chi connectivity index (χ0) is 15.8. The molecule has 118 valence electrons. The first-order valence-corrected chi connectivity index (χ1v) is 8.29. The molecule has 0 aliphatic rings. The van der Waals surface area contributed by atoms with Crippen LogP contribution in [0.3, 0.4) is 0 Å². The van der Waals surface area contributed by atoms with Crippen molar-refractivity contribution >= 4 is 0 Å². The third-order valence-electron chi connectivity index (χ3n) is 4.22. The smallest absolute Gasteiger partial charge is 0.119 e. The predicted octanol–water partition coefficient (Wildman–Crippen LogP) is 5.59. The van der Waals surface area contributed by atoms with Crippen molar-refractivity contribution < 1.29 is 10.2 Å². The molecular formula is C20H26O2. The Labute approximate surface area is 133 Å². The molecule has 0 aliphatic heterocycles. The highest BCUT2D eigenvalue weighted by Crippen LogP contribution is 2.38. The Hall–Kier alpha value is -1.96. The summed E-state index contributed by atoms with van der Waals surface area (Å²) in [5.41, 5.74) is 1.80. The predicted molar refractivity (Wildman–Crippen MR) is 91.4 cm³/mol. The first kappa shape index (κ1) is 16.4. The van der Waals surface area contributed by atoms with Gasteiger partial charge in [-0.15, -0.1) is 0 Å². The van der Waals surface area contributed by atoms with Crippen LogP contribution in [-0.4, -0.2) is 10.2 Å². The Bertz CT molecular complexity index is 532. The first-order valence-electron chi connectivity index (χ1n) is 8.29. The van der Waals surface area contributed by atoms with Crippen LogP contribution in [-0.2, 0) is 0 Å². The fraction of sp³-hybridized carbons (Fsp3) is 0.400. The summed E-state index contributed by atoms with van der Waals surface area (Å²) in [6, 6.07) is 14.9. The van der Waals surface area contributed by atoms with E-state index < -0.39 is 0 Å². The molecule has 0 bridgehead atoms. The minimum absolute atomic E-state index is 0.0454. The van der Waals surface area contributed by atoms with Crippen LogP contribution in [0.15, 0.2) is 48.5 Å². The van der Waals surface area contributed by atoms with Gasteiger partial charge in [0, 0.05) is 17.0 Å². The number of hydrogen-bond acceptors (Lipinski definition) is 2. The summed E-state index contributed by atoms with van der Waals surface area (Å²) in [7, 11) is 0. The van der Waals surface area contributed by atoms with Crippen LogP contribution in [0.25, 0.3) is 0 Å². The maximum absolute atomic E-state index is 10.2. The standard InChI is InChI=1S/C20H26O2/c1-2-3-4-5-6-11-16(17-12-7-9-14-19(17)21)18-13-8-10-15-20(18)22/h7-10,12-16,21-22H,2-6,11H2,1H3. The fourth-order valence-electron chi connectivity index (χ4n) is 2.99. The third-order valence-corrected chi connectivity index (χ3v) is 4.22. The summed E-state index contributed by atoms with van der Waals surface area (Å²) in [6.07, 6.45) is 7.02. The minimum atomic E-state index is 0.0454. The van der Waals surface area contributed by atoms with E-state index in [2.05, 4.69) is 6.92 Å². The van der Waals surface area contributed by atoms with Gasteiger partial charge in [0.2, 0.25) is 0 Å². The van der Waals surface area contributed by atoms with Crippen molar-refractivity contribution in [2.45, 2.75) is 51.4 Å². The number of benzene rings is 2. The summed E-state index contributed by atoms with van der Waals surface area (Å²) in [4.78, 5) is 0. The average Bonchev–Trinajstić information content (AvgIpc) is 2.53. The van der Waals surface area contributed by atoms with E-state index in [1.54, 1.807) is 12.1 Å². The Morgan fingerprint density at radius 2 is 1.23 bits per heavy atom.